The van der Waals surface area contributed by atoms with Gasteiger partial charge in [-0.05, 0) is 36.8 Å². The van der Waals surface area contributed by atoms with Crippen molar-refractivity contribution >= 4 is 51.7 Å². The smallest absolute Gasteiger partial charge is 0.240 e. The van der Waals surface area contributed by atoms with Crippen molar-refractivity contribution in [3.05, 3.63) is 62.9 Å². The van der Waals surface area contributed by atoms with Crippen LogP contribution in [0, 0.1) is 0 Å². The Balaban J connectivity index is 1.45. The number of carbonyl (C=O) groups excluding carboxylic acids is 1. The van der Waals surface area contributed by atoms with Crippen LogP contribution in [0.25, 0.3) is 11.0 Å². The SMILES string of the molecule is O=C(NCc1nc2ccc(Cl)cc2[nH]1)C1C(O)CCN1Cc1c(Cl)cccc1Cl. The number of rotatable bonds is 5. The zero-order valence-electron chi connectivity index (χ0n) is 15.3. The number of fused-ring (bicyclic) bond motifs is 1. The van der Waals surface area contributed by atoms with Crippen LogP contribution in [0.15, 0.2) is 36.4 Å². The van der Waals surface area contributed by atoms with Crippen molar-refractivity contribution in [2.24, 2.45) is 0 Å². The van der Waals surface area contributed by atoms with Gasteiger partial charge in [-0.1, -0.05) is 40.9 Å². The summed E-state index contributed by atoms with van der Waals surface area (Å²) in [7, 11) is 0. The lowest BCUT2D eigenvalue weighted by Crippen LogP contribution is -2.47. The van der Waals surface area contributed by atoms with E-state index in [-0.39, 0.29) is 12.5 Å². The van der Waals surface area contributed by atoms with E-state index >= 15 is 0 Å². The van der Waals surface area contributed by atoms with Gasteiger partial charge in [-0.15, -0.1) is 0 Å². The highest BCUT2D eigenvalue weighted by atomic mass is 35.5. The Kier molecular flexibility index (Phi) is 5.99. The maximum atomic E-state index is 12.8. The molecule has 0 aliphatic carbocycles. The number of aromatic amines is 1. The normalized spacial score (nSPS) is 19.7. The fourth-order valence-corrected chi connectivity index (χ4v) is 4.33. The molecule has 1 aliphatic heterocycles. The largest absolute Gasteiger partial charge is 0.391 e. The van der Waals surface area contributed by atoms with E-state index < -0.39 is 12.1 Å². The lowest BCUT2D eigenvalue weighted by Gasteiger charge is -2.26. The molecule has 2 heterocycles. The first kappa shape index (κ1) is 20.4. The maximum Gasteiger partial charge on any atom is 0.240 e. The first-order valence-corrected chi connectivity index (χ1v) is 10.3. The molecule has 3 N–H and O–H groups in total. The van der Waals surface area contributed by atoms with Gasteiger partial charge in [0.2, 0.25) is 5.91 Å². The van der Waals surface area contributed by atoms with Gasteiger partial charge in [0, 0.05) is 33.7 Å². The summed E-state index contributed by atoms with van der Waals surface area (Å²) in [5.41, 5.74) is 2.32. The third-order valence-electron chi connectivity index (χ3n) is 5.08. The Bertz CT molecular complexity index is 1040. The van der Waals surface area contributed by atoms with Gasteiger partial charge in [-0.25, -0.2) is 4.98 Å². The molecule has 2 unspecified atom stereocenters. The number of aliphatic hydroxyl groups is 1. The summed E-state index contributed by atoms with van der Waals surface area (Å²) < 4.78 is 0. The first-order chi connectivity index (χ1) is 13.9. The number of aromatic nitrogens is 2. The number of imidazole rings is 1. The molecule has 1 fully saturated rings. The van der Waals surface area contributed by atoms with Crippen LogP contribution in [0.3, 0.4) is 0 Å². The molecule has 4 rings (SSSR count). The van der Waals surface area contributed by atoms with E-state index in [2.05, 4.69) is 15.3 Å². The summed E-state index contributed by atoms with van der Waals surface area (Å²) in [5, 5.41) is 14.9. The monoisotopic (exact) mass is 452 g/mol. The minimum absolute atomic E-state index is 0.217. The van der Waals surface area contributed by atoms with Gasteiger partial charge in [0.1, 0.15) is 11.9 Å². The van der Waals surface area contributed by atoms with Crippen molar-refractivity contribution in [1.82, 2.24) is 20.2 Å². The van der Waals surface area contributed by atoms with E-state index in [1.54, 1.807) is 30.3 Å². The van der Waals surface area contributed by atoms with Crippen molar-refractivity contribution in [2.45, 2.75) is 31.7 Å². The highest BCUT2D eigenvalue weighted by Gasteiger charge is 2.38. The minimum atomic E-state index is -0.759. The zero-order chi connectivity index (χ0) is 20.5. The fourth-order valence-electron chi connectivity index (χ4n) is 3.64. The minimum Gasteiger partial charge on any atom is -0.391 e. The molecular weight excluding hydrogens is 435 g/mol. The van der Waals surface area contributed by atoms with Crippen molar-refractivity contribution < 1.29 is 9.90 Å². The topological polar surface area (TPSA) is 81.2 Å². The molecule has 9 heteroatoms. The van der Waals surface area contributed by atoms with Crippen molar-refractivity contribution in [2.75, 3.05) is 6.54 Å². The number of benzene rings is 2. The summed E-state index contributed by atoms with van der Waals surface area (Å²) in [6.07, 6.45) is -0.255. The molecule has 2 aromatic carbocycles. The molecular formula is C20H19Cl3N4O2. The number of likely N-dealkylation sites (tertiary alicyclic amines) is 1. The molecule has 1 aromatic heterocycles. The second-order valence-corrected chi connectivity index (χ2v) is 8.29. The van der Waals surface area contributed by atoms with Crippen LogP contribution in [-0.2, 0) is 17.9 Å². The van der Waals surface area contributed by atoms with Crippen LogP contribution in [0.1, 0.15) is 17.8 Å². The maximum absolute atomic E-state index is 12.8. The number of hydrogen-bond donors (Lipinski definition) is 3. The van der Waals surface area contributed by atoms with Crippen LogP contribution >= 0.6 is 34.8 Å². The second kappa shape index (κ2) is 8.50. The zero-order valence-corrected chi connectivity index (χ0v) is 17.6. The van der Waals surface area contributed by atoms with Crippen LogP contribution in [0.5, 0.6) is 0 Å². The van der Waals surface area contributed by atoms with Crippen LogP contribution in [-0.4, -0.2) is 44.6 Å². The summed E-state index contributed by atoms with van der Waals surface area (Å²) in [6, 6.07) is 9.98. The van der Waals surface area contributed by atoms with E-state index in [9.17, 15) is 9.90 Å². The van der Waals surface area contributed by atoms with Gasteiger partial charge < -0.3 is 15.4 Å². The van der Waals surface area contributed by atoms with Crippen molar-refractivity contribution in [3.8, 4) is 0 Å². The first-order valence-electron chi connectivity index (χ1n) is 9.19. The Labute approximate surface area is 182 Å². The molecule has 0 spiro atoms. The fraction of sp³-hybridized carbons (Fsp3) is 0.300. The van der Waals surface area contributed by atoms with E-state index in [0.29, 0.717) is 40.4 Å². The molecule has 0 saturated carbocycles. The third-order valence-corrected chi connectivity index (χ3v) is 6.03. The van der Waals surface area contributed by atoms with Crippen molar-refractivity contribution in [3.63, 3.8) is 0 Å². The molecule has 1 amide bonds. The molecule has 0 bridgehead atoms. The lowest BCUT2D eigenvalue weighted by atomic mass is 10.1. The lowest BCUT2D eigenvalue weighted by molar-refractivity contribution is -0.128. The molecule has 6 nitrogen and oxygen atoms in total. The second-order valence-electron chi connectivity index (χ2n) is 7.03. The standard InChI is InChI=1S/C20H19Cl3N4O2/c21-11-4-5-15-16(8-11)26-18(25-15)9-24-20(29)19-17(28)6-7-27(19)10-12-13(22)2-1-3-14(12)23/h1-5,8,17,19,28H,6-7,9-10H2,(H,24,29)(H,25,26). The van der Waals surface area contributed by atoms with E-state index in [1.165, 1.54) is 0 Å². The molecule has 2 atom stereocenters. The van der Waals surface area contributed by atoms with E-state index in [1.807, 2.05) is 11.0 Å². The van der Waals surface area contributed by atoms with Crippen molar-refractivity contribution in [1.29, 1.82) is 0 Å². The van der Waals surface area contributed by atoms with E-state index in [0.717, 1.165) is 16.6 Å². The molecule has 3 aromatic rings. The molecule has 29 heavy (non-hydrogen) atoms. The number of amides is 1. The Morgan fingerprint density at radius 3 is 2.76 bits per heavy atom. The van der Waals surface area contributed by atoms with Gasteiger partial charge in [0.25, 0.3) is 0 Å². The van der Waals surface area contributed by atoms with Crippen LogP contribution in [0.2, 0.25) is 15.1 Å². The van der Waals surface area contributed by atoms with Gasteiger partial charge in [0.15, 0.2) is 0 Å². The molecule has 1 aliphatic rings. The summed E-state index contributed by atoms with van der Waals surface area (Å²) in [4.78, 5) is 22.3. The number of nitrogens with zero attached hydrogens (tertiary/aromatic N) is 2. The predicted octanol–water partition coefficient (Wildman–Crippen LogP) is 3.77. The Morgan fingerprint density at radius 2 is 2.00 bits per heavy atom. The molecule has 0 radical (unpaired) electrons. The highest BCUT2D eigenvalue weighted by molar-refractivity contribution is 6.36. The van der Waals surface area contributed by atoms with Gasteiger partial charge in [-0.3, -0.25) is 9.69 Å². The molecule has 1 saturated heterocycles. The summed E-state index contributed by atoms with van der Waals surface area (Å²) in [5.74, 6) is 0.348. The number of carbonyl (C=O) groups is 1. The average Bonchev–Trinajstić information content (AvgIpc) is 3.25. The quantitative estimate of drug-likeness (QED) is 0.549. The number of hydrogen-bond acceptors (Lipinski definition) is 4. The highest BCUT2D eigenvalue weighted by Crippen LogP contribution is 2.29. The summed E-state index contributed by atoms with van der Waals surface area (Å²) >= 11 is 18.5. The third kappa shape index (κ3) is 4.37. The summed E-state index contributed by atoms with van der Waals surface area (Å²) in [6.45, 7) is 1.18. The van der Waals surface area contributed by atoms with Gasteiger partial charge in [0.05, 0.1) is 23.7 Å². The van der Waals surface area contributed by atoms with E-state index in [4.69, 9.17) is 34.8 Å². The van der Waals surface area contributed by atoms with Crippen LogP contribution < -0.4 is 5.32 Å². The number of H-pyrrole nitrogens is 1. The molecule has 152 valence electrons. The van der Waals surface area contributed by atoms with Crippen LogP contribution in [0.4, 0.5) is 0 Å². The number of aliphatic hydroxyl groups excluding tert-OH is 1. The number of halogens is 3. The Hall–Kier alpha value is -1.83. The Morgan fingerprint density at radius 1 is 1.24 bits per heavy atom. The predicted molar refractivity (Wildman–Crippen MR) is 114 cm³/mol. The van der Waals surface area contributed by atoms with Gasteiger partial charge >= 0.3 is 0 Å². The number of nitrogens with one attached hydrogen (secondary N) is 2. The van der Waals surface area contributed by atoms with Gasteiger partial charge in [-0.2, -0.15) is 0 Å². The average molecular weight is 454 g/mol.